The summed E-state index contributed by atoms with van der Waals surface area (Å²) >= 11 is 0. The van der Waals surface area contributed by atoms with Gasteiger partial charge >= 0.3 is 0 Å². The Labute approximate surface area is 91.2 Å². The van der Waals surface area contributed by atoms with E-state index in [9.17, 15) is 8.42 Å². The molecule has 1 fully saturated rings. The van der Waals surface area contributed by atoms with Crippen LogP contribution in [-0.4, -0.2) is 58.7 Å². The highest BCUT2D eigenvalue weighted by Crippen LogP contribution is 2.07. The Morgan fingerprint density at radius 3 is 2.93 bits per heavy atom. The van der Waals surface area contributed by atoms with Crippen LogP contribution >= 0.6 is 0 Å². The summed E-state index contributed by atoms with van der Waals surface area (Å²) in [5.41, 5.74) is 0. The van der Waals surface area contributed by atoms with E-state index in [1.807, 2.05) is 6.92 Å². The van der Waals surface area contributed by atoms with Gasteiger partial charge in [0, 0.05) is 39.3 Å². The maximum absolute atomic E-state index is 11.8. The first-order valence-electron chi connectivity index (χ1n) is 5.04. The van der Waals surface area contributed by atoms with E-state index in [-0.39, 0.29) is 6.04 Å². The van der Waals surface area contributed by atoms with Gasteiger partial charge in [0.1, 0.15) is 0 Å². The zero-order valence-electron chi connectivity index (χ0n) is 9.19. The molecule has 0 aromatic carbocycles. The van der Waals surface area contributed by atoms with Crippen LogP contribution in [0.15, 0.2) is 0 Å². The van der Waals surface area contributed by atoms with E-state index in [4.69, 9.17) is 4.74 Å². The predicted octanol–water partition coefficient (Wildman–Crippen LogP) is -1.24. The van der Waals surface area contributed by atoms with E-state index in [1.165, 1.54) is 4.31 Å². The van der Waals surface area contributed by atoms with Crippen molar-refractivity contribution in [2.45, 2.75) is 13.0 Å². The molecule has 1 atom stereocenters. The Morgan fingerprint density at radius 1 is 1.60 bits per heavy atom. The topological polar surface area (TPSA) is 70.7 Å². The van der Waals surface area contributed by atoms with Crippen LogP contribution in [0.25, 0.3) is 0 Å². The average Bonchev–Trinajstić information content (AvgIpc) is 2.18. The molecule has 0 saturated carbocycles. The van der Waals surface area contributed by atoms with Gasteiger partial charge in [-0.3, -0.25) is 0 Å². The van der Waals surface area contributed by atoms with E-state index in [2.05, 4.69) is 10.0 Å². The van der Waals surface area contributed by atoms with Crippen LogP contribution < -0.4 is 10.0 Å². The number of ether oxygens (including phenoxy) is 1. The summed E-state index contributed by atoms with van der Waals surface area (Å²) in [5.74, 6) is 0. The number of hydrogen-bond acceptors (Lipinski definition) is 4. The number of hydrogen-bond donors (Lipinski definition) is 2. The third-order valence-corrected chi connectivity index (χ3v) is 4.07. The summed E-state index contributed by atoms with van der Waals surface area (Å²) in [6.45, 7) is 4.51. The number of rotatable bonds is 5. The molecule has 90 valence electrons. The second kappa shape index (κ2) is 5.76. The van der Waals surface area contributed by atoms with Gasteiger partial charge in [-0.15, -0.1) is 0 Å². The second-order valence-electron chi connectivity index (χ2n) is 3.56. The smallest absolute Gasteiger partial charge is 0.279 e. The van der Waals surface area contributed by atoms with Crippen molar-refractivity contribution in [2.24, 2.45) is 0 Å². The van der Waals surface area contributed by atoms with E-state index < -0.39 is 10.2 Å². The molecule has 15 heavy (non-hydrogen) atoms. The van der Waals surface area contributed by atoms with Crippen LogP contribution in [0.4, 0.5) is 0 Å². The molecule has 0 aliphatic carbocycles. The van der Waals surface area contributed by atoms with Gasteiger partial charge in [-0.1, -0.05) is 0 Å². The summed E-state index contributed by atoms with van der Waals surface area (Å²) < 4.78 is 32.4. The van der Waals surface area contributed by atoms with E-state index in [1.54, 1.807) is 7.11 Å². The molecule has 0 radical (unpaired) electrons. The molecule has 1 aliphatic rings. The molecule has 1 rings (SSSR count). The van der Waals surface area contributed by atoms with Crippen molar-refractivity contribution in [1.29, 1.82) is 0 Å². The molecular formula is C8H19N3O3S. The highest BCUT2D eigenvalue weighted by Gasteiger charge is 2.28. The van der Waals surface area contributed by atoms with Crippen molar-refractivity contribution < 1.29 is 13.2 Å². The SMILES string of the molecule is COCCNS(=O)(=O)N1CCNC[C@@H]1C. The van der Waals surface area contributed by atoms with Crippen molar-refractivity contribution in [1.82, 2.24) is 14.3 Å². The Kier molecular flexibility index (Phi) is 4.94. The van der Waals surface area contributed by atoms with Gasteiger partial charge in [0.25, 0.3) is 10.2 Å². The van der Waals surface area contributed by atoms with Crippen molar-refractivity contribution in [3.63, 3.8) is 0 Å². The summed E-state index contributed by atoms with van der Waals surface area (Å²) in [5, 5.41) is 3.15. The number of piperazine rings is 1. The van der Waals surface area contributed by atoms with Crippen LogP contribution in [0.5, 0.6) is 0 Å². The molecule has 0 spiro atoms. The lowest BCUT2D eigenvalue weighted by atomic mass is 10.3. The van der Waals surface area contributed by atoms with E-state index in [0.717, 1.165) is 0 Å². The highest BCUT2D eigenvalue weighted by molar-refractivity contribution is 7.87. The fourth-order valence-electron chi connectivity index (χ4n) is 1.54. The lowest BCUT2D eigenvalue weighted by Gasteiger charge is -2.32. The van der Waals surface area contributed by atoms with Crippen molar-refractivity contribution >= 4 is 10.2 Å². The molecule has 1 aliphatic heterocycles. The lowest BCUT2D eigenvalue weighted by Crippen LogP contribution is -2.55. The van der Waals surface area contributed by atoms with Gasteiger partial charge in [-0.2, -0.15) is 17.4 Å². The minimum absolute atomic E-state index is 0.00112. The fourth-order valence-corrected chi connectivity index (χ4v) is 2.92. The zero-order chi connectivity index (χ0) is 11.3. The quantitative estimate of drug-likeness (QED) is 0.587. The molecule has 0 amide bonds. The third-order valence-electron chi connectivity index (χ3n) is 2.34. The normalized spacial score (nSPS) is 24.3. The van der Waals surface area contributed by atoms with Crippen molar-refractivity contribution in [3.8, 4) is 0 Å². The first kappa shape index (κ1) is 12.9. The Bertz CT molecular complexity index is 281. The van der Waals surface area contributed by atoms with Gasteiger partial charge in [-0.05, 0) is 6.92 Å². The van der Waals surface area contributed by atoms with E-state index in [0.29, 0.717) is 32.8 Å². The predicted molar refractivity (Wildman–Crippen MR) is 57.8 cm³/mol. The first-order valence-corrected chi connectivity index (χ1v) is 6.48. The van der Waals surface area contributed by atoms with Gasteiger partial charge in [0.05, 0.1) is 6.61 Å². The van der Waals surface area contributed by atoms with Crippen LogP contribution in [0, 0.1) is 0 Å². The maximum atomic E-state index is 11.8. The minimum Gasteiger partial charge on any atom is -0.383 e. The number of methoxy groups -OCH3 is 1. The molecule has 0 bridgehead atoms. The first-order chi connectivity index (χ1) is 7.08. The van der Waals surface area contributed by atoms with Crippen molar-refractivity contribution in [2.75, 3.05) is 39.9 Å². The van der Waals surface area contributed by atoms with Crippen LogP contribution in [0.3, 0.4) is 0 Å². The summed E-state index contributed by atoms with van der Waals surface area (Å²) in [4.78, 5) is 0. The molecule has 0 aromatic rings. The zero-order valence-corrected chi connectivity index (χ0v) is 10.0. The highest BCUT2D eigenvalue weighted by atomic mass is 32.2. The van der Waals surface area contributed by atoms with E-state index >= 15 is 0 Å². The van der Waals surface area contributed by atoms with Crippen LogP contribution in [0.2, 0.25) is 0 Å². The molecular weight excluding hydrogens is 218 g/mol. The van der Waals surface area contributed by atoms with Gasteiger partial charge in [0.2, 0.25) is 0 Å². The fraction of sp³-hybridized carbons (Fsp3) is 1.00. The standard InChI is InChI=1S/C8H19N3O3S/c1-8-7-9-3-5-11(8)15(12,13)10-4-6-14-2/h8-10H,3-7H2,1-2H3/t8-/m0/s1. The lowest BCUT2D eigenvalue weighted by molar-refractivity contribution is 0.202. The Morgan fingerprint density at radius 2 is 2.33 bits per heavy atom. The van der Waals surface area contributed by atoms with Crippen molar-refractivity contribution in [3.05, 3.63) is 0 Å². The molecule has 7 heteroatoms. The van der Waals surface area contributed by atoms with Gasteiger partial charge in [-0.25, -0.2) is 0 Å². The number of nitrogens with one attached hydrogen (secondary N) is 2. The third kappa shape index (κ3) is 3.69. The Balaban J connectivity index is 2.51. The van der Waals surface area contributed by atoms with Gasteiger partial charge < -0.3 is 10.1 Å². The molecule has 0 aromatic heterocycles. The summed E-state index contributed by atoms with van der Waals surface area (Å²) in [6, 6.07) is -0.00112. The van der Waals surface area contributed by atoms with Crippen LogP contribution in [-0.2, 0) is 14.9 Å². The Hall–Kier alpha value is -0.210. The average molecular weight is 237 g/mol. The molecule has 1 heterocycles. The summed E-state index contributed by atoms with van der Waals surface area (Å²) in [6.07, 6.45) is 0. The molecule has 2 N–H and O–H groups in total. The molecule has 6 nitrogen and oxygen atoms in total. The monoisotopic (exact) mass is 237 g/mol. The van der Waals surface area contributed by atoms with Crippen LogP contribution in [0.1, 0.15) is 6.92 Å². The minimum atomic E-state index is -3.34. The maximum Gasteiger partial charge on any atom is 0.279 e. The van der Waals surface area contributed by atoms with Gasteiger partial charge in [0.15, 0.2) is 0 Å². The molecule has 0 unspecified atom stereocenters. The second-order valence-corrected chi connectivity index (χ2v) is 5.26. The summed E-state index contributed by atoms with van der Waals surface area (Å²) in [7, 11) is -1.80. The molecule has 1 saturated heterocycles. The largest absolute Gasteiger partial charge is 0.383 e. The number of nitrogens with zero attached hydrogens (tertiary/aromatic N) is 1.